The minimum Gasteiger partial charge on any atom is -0.325 e. The van der Waals surface area contributed by atoms with Crippen molar-refractivity contribution in [3.63, 3.8) is 0 Å². The van der Waals surface area contributed by atoms with Gasteiger partial charge in [0.2, 0.25) is 15.9 Å². The van der Waals surface area contributed by atoms with Crippen LogP contribution < -0.4 is 5.32 Å². The van der Waals surface area contributed by atoms with E-state index in [9.17, 15) is 13.2 Å². The van der Waals surface area contributed by atoms with E-state index in [4.69, 9.17) is 0 Å². The molecule has 0 spiro atoms. The van der Waals surface area contributed by atoms with Crippen LogP contribution in [0.25, 0.3) is 6.08 Å². The number of amides is 1. The molecule has 2 aromatic rings. The zero-order chi connectivity index (χ0) is 18.3. The fraction of sp³-hybridized carbons (Fsp3) is 0.167. The normalized spacial score (nSPS) is 11.8. The molecule has 5 nitrogen and oxygen atoms in total. The molecule has 0 heterocycles. The molecule has 132 valence electrons. The van der Waals surface area contributed by atoms with Crippen LogP contribution in [0.2, 0.25) is 0 Å². The Morgan fingerprint density at radius 2 is 1.76 bits per heavy atom. The van der Waals surface area contributed by atoms with Gasteiger partial charge in [-0.2, -0.15) is 4.31 Å². The van der Waals surface area contributed by atoms with E-state index in [1.165, 1.54) is 6.08 Å². The van der Waals surface area contributed by atoms with Gasteiger partial charge in [0, 0.05) is 22.1 Å². The predicted octanol–water partition coefficient (Wildman–Crippen LogP) is 3.71. The van der Waals surface area contributed by atoms with E-state index in [1.807, 2.05) is 30.3 Å². The fourth-order valence-electron chi connectivity index (χ4n) is 2.09. The van der Waals surface area contributed by atoms with E-state index in [0.29, 0.717) is 5.69 Å². The molecule has 0 saturated heterocycles. The van der Waals surface area contributed by atoms with Crippen LogP contribution in [0.1, 0.15) is 12.5 Å². The lowest BCUT2D eigenvalue weighted by atomic mass is 10.2. The molecule has 0 aliphatic heterocycles. The Bertz CT molecular complexity index is 834. The quantitative estimate of drug-likeness (QED) is 0.739. The van der Waals surface area contributed by atoms with Crippen LogP contribution >= 0.6 is 15.9 Å². The third kappa shape index (κ3) is 6.12. The van der Waals surface area contributed by atoms with Gasteiger partial charge in [-0.3, -0.25) is 4.79 Å². The molecule has 0 radical (unpaired) electrons. The lowest BCUT2D eigenvalue weighted by Gasteiger charge is -2.17. The molecule has 0 aliphatic carbocycles. The Balaban J connectivity index is 2.03. The molecule has 2 rings (SSSR count). The molecule has 0 atom stereocenters. The Labute approximate surface area is 156 Å². The molecule has 1 N–H and O–H groups in total. The Hall–Kier alpha value is -1.96. The van der Waals surface area contributed by atoms with Crippen molar-refractivity contribution in [2.45, 2.75) is 6.92 Å². The Morgan fingerprint density at radius 3 is 2.36 bits per heavy atom. The van der Waals surface area contributed by atoms with Gasteiger partial charge in [0.15, 0.2) is 0 Å². The van der Waals surface area contributed by atoms with Crippen LogP contribution in [-0.4, -0.2) is 31.7 Å². The van der Waals surface area contributed by atoms with Gasteiger partial charge < -0.3 is 5.32 Å². The summed E-state index contributed by atoms with van der Waals surface area (Å²) in [4.78, 5) is 12.1. The number of likely N-dealkylation sites (N-methyl/N-ethyl adjacent to an activating group) is 1. The van der Waals surface area contributed by atoms with Gasteiger partial charge in [-0.05, 0) is 35.9 Å². The number of carbonyl (C=O) groups is 1. The van der Waals surface area contributed by atoms with Gasteiger partial charge in [-0.25, -0.2) is 8.42 Å². The number of rotatable bonds is 7. The average molecular weight is 423 g/mol. The summed E-state index contributed by atoms with van der Waals surface area (Å²) >= 11 is 3.32. The molecule has 0 aromatic heterocycles. The monoisotopic (exact) mass is 422 g/mol. The van der Waals surface area contributed by atoms with Gasteiger partial charge in [0.1, 0.15) is 0 Å². The molecule has 0 fully saturated rings. The summed E-state index contributed by atoms with van der Waals surface area (Å²) in [6.45, 7) is 1.66. The van der Waals surface area contributed by atoms with Crippen molar-refractivity contribution in [2.75, 3.05) is 18.4 Å². The SMILES string of the molecule is CCN(CC(=O)Nc1ccc(Br)cc1)S(=O)(=O)C=Cc1ccccc1. The van der Waals surface area contributed by atoms with Crippen LogP contribution in [0.4, 0.5) is 5.69 Å². The van der Waals surface area contributed by atoms with Crippen LogP contribution in [0.3, 0.4) is 0 Å². The Morgan fingerprint density at radius 1 is 1.12 bits per heavy atom. The molecule has 0 aliphatic rings. The third-order valence-electron chi connectivity index (χ3n) is 3.39. The highest BCUT2D eigenvalue weighted by Crippen LogP contribution is 2.14. The molecule has 7 heteroatoms. The van der Waals surface area contributed by atoms with Crippen molar-refractivity contribution in [1.29, 1.82) is 0 Å². The number of halogens is 1. The summed E-state index contributed by atoms with van der Waals surface area (Å²) < 4.78 is 26.9. The molecule has 0 saturated carbocycles. The van der Waals surface area contributed by atoms with E-state index < -0.39 is 10.0 Å². The van der Waals surface area contributed by atoms with Crippen LogP contribution in [0.5, 0.6) is 0 Å². The maximum atomic E-state index is 12.4. The topological polar surface area (TPSA) is 66.5 Å². The van der Waals surface area contributed by atoms with Gasteiger partial charge >= 0.3 is 0 Å². The highest BCUT2D eigenvalue weighted by Gasteiger charge is 2.20. The highest BCUT2D eigenvalue weighted by atomic mass is 79.9. The number of hydrogen-bond donors (Lipinski definition) is 1. The minimum atomic E-state index is -3.68. The smallest absolute Gasteiger partial charge is 0.239 e. The molecular weight excluding hydrogens is 404 g/mol. The highest BCUT2D eigenvalue weighted by molar-refractivity contribution is 9.10. The number of benzene rings is 2. The van der Waals surface area contributed by atoms with Gasteiger partial charge in [0.05, 0.1) is 6.54 Å². The van der Waals surface area contributed by atoms with E-state index in [-0.39, 0.29) is 19.0 Å². The zero-order valence-corrected chi connectivity index (χ0v) is 16.1. The Kier molecular flexibility index (Phi) is 6.92. The van der Waals surface area contributed by atoms with E-state index in [0.717, 1.165) is 19.7 Å². The molecule has 25 heavy (non-hydrogen) atoms. The van der Waals surface area contributed by atoms with Gasteiger partial charge in [-0.1, -0.05) is 53.2 Å². The van der Waals surface area contributed by atoms with Crippen molar-refractivity contribution >= 4 is 43.6 Å². The maximum Gasteiger partial charge on any atom is 0.239 e. The standard InChI is InChI=1S/C18H19BrN2O3S/c1-2-21(14-18(22)20-17-10-8-16(19)9-11-17)25(23,24)13-12-15-6-4-3-5-7-15/h3-13H,2,14H2,1H3,(H,20,22). The summed E-state index contributed by atoms with van der Waals surface area (Å²) in [6, 6.07) is 16.2. The largest absolute Gasteiger partial charge is 0.325 e. The lowest BCUT2D eigenvalue weighted by Crippen LogP contribution is -2.36. The number of hydrogen-bond acceptors (Lipinski definition) is 3. The van der Waals surface area contributed by atoms with Crippen molar-refractivity contribution in [3.05, 3.63) is 70.0 Å². The van der Waals surface area contributed by atoms with E-state index in [2.05, 4.69) is 21.2 Å². The number of sulfonamides is 1. The summed E-state index contributed by atoms with van der Waals surface area (Å²) in [5.74, 6) is -0.388. The van der Waals surface area contributed by atoms with Crippen molar-refractivity contribution in [3.8, 4) is 0 Å². The minimum absolute atomic E-state index is 0.204. The van der Waals surface area contributed by atoms with Crippen molar-refractivity contribution in [2.24, 2.45) is 0 Å². The van der Waals surface area contributed by atoms with Crippen LogP contribution in [0, 0.1) is 0 Å². The number of anilines is 1. The second-order valence-corrected chi connectivity index (χ2v) is 7.97. The van der Waals surface area contributed by atoms with Crippen molar-refractivity contribution in [1.82, 2.24) is 4.31 Å². The first kappa shape index (κ1) is 19.4. The molecule has 1 amide bonds. The average Bonchev–Trinajstić information content (AvgIpc) is 2.61. The second kappa shape index (κ2) is 8.94. The lowest BCUT2D eigenvalue weighted by molar-refractivity contribution is -0.116. The van der Waals surface area contributed by atoms with Gasteiger partial charge in [0.25, 0.3) is 0 Å². The number of nitrogens with one attached hydrogen (secondary N) is 1. The first-order valence-corrected chi connectivity index (χ1v) is 9.99. The first-order valence-electron chi connectivity index (χ1n) is 7.69. The summed E-state index contributed by atoms with van der Waals surface area (Å²) in [7, 11) is -3.68. The number of carbonyl (C=O) groups excluding carboxylic acids is 1. The number of nitrogens with zero attached hydrogens (tertiary/aromatic N) is 1. The zero-order valence-electron chi connectivity index (χ0n) is 13.7. The molecule has 2 aromatic carbocycles. The summed E-state index contributed by atoms with van der Waals surface area (Å²) in [6.07, 6.45) is 1.52. The molecule has 0 bridgehead atoms. The summed E-state index contributed by atoms with van der Waals surface area (Å²) in [5.41, 5.74) is 1.39. The van der Waals surface area contributed by atoms with E-state index in [1.54, 1.807) is 31.2 Å². The summed E-state index contributed by atoms with van der Waals surface area (Å²) in [5, 5.41) is 3.81. The third-order valence-corrected chi connectivity index (χ3v) is 5.51. The maximum absolute atomic E-state index is 12.4. The van der Waals surface area contributed by atoms with Gasteiger partial charge in [-0.15, -0.1) is 0 Å². The fourth-order valence-corrected chi connectivity index (χ4v) is 3.51. The first-order chi connectivity index (χ1) is 11.9. The van der Waals surface area contributed by atoms with Crippen LogP contribution in [-0.2, 0) is 14.8 Å². The van der Waals surface area contributed by atoms with Crippen LogP contribution in [0.15, 0.2) is 64.5 Å². The molecular formula is C18H19BrN2O3S. The van der Waals surface area contributed by atoms with E-state index >= 15 is 0 Å². The molecule has 0 unspecified atom stereocenters. The van der Waals surface area contributed by atoms with Crippen molar-refractivity contribution < 1.29 is 13.2 Å². The predicted molar refractivity (Wildman–Crippen MR) is 104 cm³/mol. The second-order valence-electron chi connectivity index (χ2n) is 5.24.